The van der Waals surface area contributed by atoms with Crippen molar-refractivity contribution in [2.45, 2.75) is 6.92 Å². The number of rotatable bonds is 2. The van der Waals surface area contributed by atoms with Crippen molar-refractivity contribution < 1.29 is 0 Å². The molecule has 4 aromatic heterocycles. The van der Waals surface area contributed by atoms with Gasteiger partial charge in [-0.15, -0.1) is 0 Å². The van der Waals surface area contributed by atoms with Gasteiger partial charge in [0.1, 0.15) is 5.65 Å². The Kier molecular flexibility index (Phi) is 3.25. The zero-order valence-electron chi connectivity index (χ0n) is 14.2. The number of hydrogen-bond donors (Lipinski definition) is 0. The topological polar surface area (TPSA) is 56.0 Å². The van der Waals surface area contributed by atoms with Gasteiger partial charge in [-0.25, -0.2) is 9.97 Å². The molecule has 0 fully saturated rings. The molecule has 124 valence electrons. The fraction of sp³-hybridized carbons (Fsp3) is 0.0476. The van der Waals surface area contributed by atoms with Crippen LogP contribution in [0.2, 0.25) is 0 Å². The third-order valence-electron chi connectivity index (χ3n) is 4.53. The Bertz CT molecular complexity index is 1300. The highest BCUT2D eigenvalue weighted by molar-refractivity contribution is 5.92. The number of aryl methyl sites for hydroxylation is 1. The Labute approximate surface area is 149 Å². The van der Waals surface area contributed by atoms with E-state index in [0.29, 0.717) is 0 Å². The molecule has 4 heterocycles. The zero-order valence-corrected chi connectivity index (χ0v) is 14.2. The van der Waals surface area contributed by atoms with Crippen LogP contribution < -0.4 is 0 Å². The number of benzene rings is 1. The number of pyridine rings is 2. The van der Waals surface area contributed by atoms with Crippen molar-refractivity contribution in [1.29, 1.82) is 0 Å². The first-order chi connectivity index (χ1) is 12.8. The normalized spacial score (nSPS) is 11.9. The Morgan fingerprint density at radius 2 is 1.73 bits per heavy atom. The largest absolute Gasteiger partial charge is 0.303 e. The van der Waals surface area contributed by atoms with Crippen LogP contribution in [0.4, 0.5) is 0 Å². The van der Waals surface area contributed by atoms with E-state index in [1.54, 1.807) is 12.4 Å². The van der Waals surface area contributed by atoms with Crippen LogP contribution in [0.5, 0.6) is 0 Å². The third-order valence-corrected chi connectivity index (χ3v) is 4.53. The summed E-state index contributed by atoms with van der Waals surface area (Å²) in [7, 11) is 0. The molecular formula is C21H15N5. The summed E-state index contributed by atoms with van der Waals surface area (Å²) in [4.78, 5) is 18.3. The highest BCUT2D eigenvalue weighted by atomic mass is 15.0. The van der Waals surface area contributed by atoms with E-state index in [4.69, 9.17) is 4.98 Å². The van der Waals surface area contributed by atoms with Crippen molar-refractivity contribution in [1.82, 2.24) is 24.3 Å². The van der Waals surface area contributed by atoms with Gasteiger partial charge < -0.3 is 4.40 Å². The van der Waals surface area contributed by atoms with Crippen LogP contribution >= 0.6 is 0 Å². The molecule has 0 aliphatic carbocycles. The summed E-state index contributed by atoms with van der Waals surface area (Å²) in [6.45, 7) is 2.06. The smallest absolute Gasteiger partial charge is 0.147 e. The molecule has 0 bridgehead atoms. The van der Waals surface area contributed by atoms with E-state index in [0.717, 1.165) is 44.7 Å². The van der Waals surface area contributed by atoms with E-state index >= 15 is 0 Å². The van der Waals surface area contributed by atoms with Gasteiger partial charge in [0.15, 0.2) is 0 Å². The summed E-state index contributed by atoms with van der Waals surface area (Å²) < 4.78 is 2.09. The van der Waals surface area contributed by atoms with E-state index in [1.807, 2.05) is 60.8 Å². The zero-order chi connectivity index (χ0) is 17.5. The second kappa shape index (κ2) is 5.74. The Morgan fingerprint density at radius 1 is 0.846 bits per heavy atom. The lowest BCUT2D eigenvalue weighted by molar-refractivity contribution is 1.11. The first-order valence-corrected chi connectivity index (χ1v) is 8.42. The van der Waals surface area contributed by atoms with Crippen LogP contribution in [-0.4, -0.2) is 24.3 Å². The van der Waals surface area contributed by atoms with E-state index < -0.39 is 0 Å². The van der Waals surface area contributed by atoms with Crippen molar-refractivity contribution >= 4 is 39.7 Å². The molecule has 5 aromatic rings. The summed E-state index contributed by atoms with van der Waals surface area (Å²) in [5.41, 5.74) is 6.45. The van der Waals surface area contributed by atoms with E-state index in [-0.39, 0.29) is 0 Å². The van der Waals surface area contributed by atoms with Gasteiger partial charge >= 0.3 is 0 Å². The molecule has 0 atom stereocenters. The summed E-state index contributed by atoms with van der Waals surface area (Å²) in [6.07, 6.45) is 9.54. The summed E-state index contributed by atoms with van der Waals surface area (Å²) in [5, 5.41) is 1.04. The molecule has 0 spiro atoms. The maximum Gasteiger partial charge on any atom is 0.147 e. The lowest BCUT2D eigenvalue weighted by Crippen LogP contribution is -1.89. The van der Waals surface area contributed by atoms with Crippen LogP contribution in [0, 0.1) is 6.92 Å². The monoisotopic (exact) mass is 337 g/mol. The molecule has 0 N–H and O–H groups in total. The minimum Gasteiger partial charge on any atom is -0.303 e. The van der Waals surface area contributed by atoms with Crippen molar-refractivity contribution in [3.8, 4) is 0 Å². The molecule has 0 saturated heterocycles. The van der Waals surface area contributed by atoms with Gasteiger partial charge in [0.2, 0.25) is 0 Å². The van der Waals surface area contributed by atoms with Crippen molar-refractivity contribution in [3.05, 3.63) is 78.1 Å². The van der Waals surface area contributed by atoms with Crippen molar-refractivity contribution in [2.75, 3.05) is 0 Å². The molecule has 0 unspecified atom stereocenters. The van der Waals surface area contributed by atoms with Crippen LogP contribution in [0.3, 0.4) is 0 Å². The standard InChI is InChI=1S/C21H15N5/c1-14-17(9-8-15-13-23-19-6-2-3-7-20(19)24-15)25-21-16-5-4-11-22-18(16)10-12-26(14)21/h2-13H,1H3/b9-8+. The Hall–Kier alpha value is -3.60. The predicted octanol–water partition coefficient (Wildman–Crippen LogP) is 4.30. The SMILES string of the molecule is Cc1c(/C=C/c2cnc3ccccc3n2)nc2c3cccnc3ccn12. The molecule has 5 rings (SSSR count). The predicted molar refractivity (Wildman–Crippen MR) is 104 cm³/mol. The number of aromatic nitrogens is 5. The molecule has 5 heteroatoms. The summed E-state index contributed by atoms with van der Waals surface area (Å²) in [5.74, 6) is 0. The molecular weight excluding hydrogens is 322 g/mol. The maximum atomic E-state index is 4.81. The van der Waals surface area contributed by atoms with Gasteiger partial charge in [0.25, 0.3) is 0 Å². The fourth-order valence-electron chi connectivity index (χ4n) is 3.16. The number of imidazole rings is 1. The molecule has 26 heavy (non-hydrogen) atoms. The lowest BCUT2D eigenvalue weighted by Gasteiger charge is -2.00. The molecule has 0 aliphatic heterocycles. The minimum atomic E-state index is 0.812. The second-order valence-electron chi connectivity index (χ2n) is 6.14. The van der Waals surface area contributed by atoms with Gasteiger partial charge in [-0.1, -0.05) is 12.1 Å². The first kappa shape index (κ1) is 14.7. The van der Waals surface area contributed by atoms with Gasteiger partial charge in [-0.05, 0) is 49.4 Å². The Morgan fingerprint density at radius 3 is 2.65 bits per heavy atom. The first-order valence-electron chi connectivity index (χ1n) is 8.42. The lowest BCUT2D eigenvalue weighted by atomic mass is 10.2. The van der Waals surface area contributed by atoms with Crippen molar-refractivity contribution in [2.24, 2.45) is 0 Å². The number of nitrogens with zero attached hydrogens (tertiary/aromatic N) is 5. The molecule has 1 aromatic carbocycles. The average molecular weight is 337 g/mol. The van der Waals surface area contributed by atoms with Crippen LogP contribution in [0.1, 0.15) is 17.1 Å². The molecule has 5 nitrogen and oxygen atoms in total. The summed E-state index contributed by atoms with van der Waals surface area (Å²) in [6, 6.07) is 13.9. The molecule has 0 aliphatic rings. The van der Waals surface area contributed by atoms with E-state index in [2.05, 4.69) is 26.3 Å². The van der Waals surface area contributed by atoms with Crippen molar-refractivity contribution in [3.63, 3.8) is 0 Å². The van der Waals surface area contributed by atoms with Gasteiger partial charge in [-0.2, -0.15) is 0 Å². The maximum absolute atomic E-state index is 4.81. The Balaban J connectivity index is 1.60. The average Bonchev–Trinajstić information content (AvgIpc) is 3.02. The molecule has 0 amide bonds. The van der Waals surface area contributed by atoms with E-state index in [1.165, 1.54) is 0 Å². The van der Waals surface area contributed by atoms with E-state index in [9.17, 15) is 0 Å². The van der Waals surface area contributed by atoms with Gasteiger partial charge in [-0.3, -0.25) is 9.97 Å². The van der Waals surface area contributed by atoms with Crippen LogP contribution in [0.25, 0.3) is 39.7 Å². The highest BCUT2D eigenvalue weighted by Gasteiger charge is 2.09. The van der Waals surface area contributed by atoms with Crippen LogP contribution in [-0.2, 0) is 0 Å². The number of fused-ring (bicyclic) bond motifs is 4. The van der Waals surface area contributed by atoms with Gasteiger partial charge in [0.05, 0.1) is 34.1 Å². The third kappa shape index (κ3) is 2.33. The fourth-order valence-corrected chi connectivity index (χ4v) is 3.16. The molecule has 0 saturated carbocycles. The summed E-state index contributed by atoms with van der Waals surface area (Å²) >= 11 is 0. The quantitative estimate of drug-likeness (QED) is 0.482. The van der Waals surface area contributed by atoms with Crippen LogP contribution in [0.15, 0.2) is 61.1 Å². The number of hydrogen-bond acceptors (Lipinski definition) is 4. The second-order valence-corrected chi connectivity index (χ2v) is 6.14. The van der Waals surface area contributed by atoms with Gasteiger partial charge in [0, 0.05) is 23.5 Å². The molecule has 0 radical (unpaired) electrons. The number of para-hydroxylation sites is 2. The highest BCUT2D eigenvalue weighted by Crippen LogP contribution is 2.21. The minimum absolute atomic E-state index is 0.812.